The Bertz CT molecular complexity index is 926. The third-order valence-corrected chi connectivity index (χ3v) is 4.30. The van der Waals surface area contributed by atoms with Gasteiger partial charge in [0.05, 0.1) is 16.8 Å². The fraction of sp³-hybridized carbons (Fsp3) is 0. The molecule has 2 aromatic carbocycles. The minimum absolute atomic E-state index is 0.208. The van der Waals surface area contributed by atoms with Crippen molar-refractivity contribution in [1.29, 1.82) is 0 Å². The Morgan fingerprint density at radius 2 is 1.64 bits per heavy atom. The zero-order valence-electron chi connectivity index (χ0n) is 12.8. The van der Waals surface area contributed by atoms with Gasteiger partial charge in [-0.25, -0.2) is 0 Å². The average molecular weight is 467 g/mol. The summed E-state index contributed by atoms with van der Waals surface area (Å²) in [5.74, 6) is -0.479. The van der Waals surface area contributed by atoms with E-state index in [-0.39, 0.29) is 17.6 Å². The van der Waals surface area contributed by atoms with Crippen LogP contribution in [-0.4, -0.2) is 11.8 Å². The Morgan fingerprint density at radius 3 is 2.32 bits per heavy atom. The number of benzene rings is 2. The van der Waals surface area contributed by atoms with E-state index in [0.717, 1.165) is 3.57 Å². The third-order valence-electron chi connectivity index (χ3n) is 3.30. The van der Waals surface area contributed by atoms with Gasteiger partial charge in [-0.15, -0.1) is 0 Å². The van der Waals surface area contributed by atoms with Crippen LogP contribution in [0.1, 0.15) is 20.9 Å². The van der Waals surface area contributed by atoms with Crippen LogP contribution in [0.25, 0.3) is 0 Å². The number of furan rings is 1. The summed E-state index contributed by atoms with van der Waals surface area (Å²) < 4.78 is 5.96. The number of halogens is 2. The van der Waals surface area contributed by atoms with Gasteiger partial charge in [0.1, 0.15) is 0 Å². The number of carbonyl (C=O) groups excluding carboxylic acids is 2. The first kappa shape index (κ1) is 17.5. The normalized spacial score (nSPS) is 10.3. The predicted octanol–water partition coefficient (Wildman–Crippen LogP) is 5.04. The molecule has 0 aliphatic carbocycles. The van der Waals surface area contributed by atoms with Gasteiger partial charge in [-0.2, -0.15) is 0 Å². The summed E-state index contributed by atoms with van der Waals surface area (Å²) >= 11 is 8.20. The summed E-state index contributed by atoms with van der Waals surface area (Å²) in [7, 11) is 0. The van der Waals surface area contributed by atoms with Crippen LogP contribution in [-0.2, 0) is 0 Å². The number of nitrogens with one attached hydrogen (secondary N) is 2. The van der Waals surface area contributed by atoms with Crippen LogP contribution in [0, 0.1) is 3.57 Å². The van der Waals surface area contributed by atoms with Crippen molar-refractivity contribution in [2.45, 2.75) is 0 Å². The topological polar surface area (TPSA) is 71.3 Å². The Hall–Kier alpha value is -2.32. The SMILES string of the molecule is O=C(Nc1cccc(NC(=O)c2cc(I)ccc2Cl)c1)c1ccco1. The maximum Gasteiger partial charge on any atom is 0.291 e. The van der Waals surface area contributed by atoms with E-state index in [4.69, 9.17) is 16.0 Å². The zero-order valence-corrected chi connectivity index (χ0v) is 15.7. The fourth-order valence-corrected chi connectivity index (χ4v) is 2.84. The lowest BCUT2D eigenvalue weighted by atomic mass is 10.2. The monoisotopic (exact) mass is 466 g/mol. The molecule has 0 radical (unpaired) electrons. The number of rotatable bonds is 4. The molecule has 0 fully saturated rings. The van der Waals surface area contributed by atoms with Crippen molar-refractivity contribution in [3.05, 3.63) is 80.8 Å². The minimum Gasteiger partial charge on any atom is -0.459 e. The summed E-state index contributed by atoms with van der Waals surface area (Å²) in [5, 5.41) is 5.86. The second-order valence-corrected chi connectivity index (χ2v) is 6.74. The van der Waals surface area contributed by atoms with E-state index in [1.54, 1.807) is 48.5 Å². The van der Waals surface area contributed by atoms with Crippen LogP contribution in [0.3, 0.4) is 0 Å². The minimum atomic E-state index is -0.367. The standard InChI is InChI=1S/C18H12ClIN2O3/c19-15-7-6-11(20)9-14(15)17(23)21-12-3-1-4-13(10-12)22-18(24)16-5-2-8-25-16/h1-10H,(H,21,23)(H,22,24). The first-order valence-electron chi connectivity index (χ1n) is 7.24. The molecule has 25 heavy (non-hydrogen) atoms. The molecule has 3 aromatic rings. The molecule has 0 bridgehead atoms. The highest BCUT2D eigenvalue weighted by Gasteiger charge is 2.12. The van der Waals surface area contributed by atoms with Crippen LogP contribution < -0.4 is 10.6 Å². The van der Waals surface area contributed by atoms with Crippen molar-refractivity contribution in [2.24, 2.45) is 0 Å². The van der Waals surface area contributed by atoms with E-state index in [0.29, 0.717) is 22.0 Å². The van der Waals surface area contributed by atoms with Crippen molar-refractivity contribution >= 4 is 57.4 Å². The van der Waals surface area contributed by atoms with Gasteiger partial charge in [0.15, 0.2) is 5.76 Å². The van der Waals surface area contributed by atoms with Crippen molar-refractivity contribution in [1.82, 2.24) is 0 Å². The van der Waals surface area contributed by atoms with Crippen molar-refractivity contribution in [2.75, 3.05) is 10.6 Å². The molecular formula is C18H12ClIN2O3. The molecule has 0 atom stereocenters. The molecule has 0 spiro atoms. The molecular weight excluding hydrogens is 455 g/mol. The number of hydrogen-bond donors (Lipinski definition) is 2. The van der Waals surface area contributed by atoms with Crippen LogP contribution >= 0.6 is 34.2 Å². The summed E-state index contributed by atoms with van der Waals surface area (Å²) in [6.45, 7) is 0. The summed E-state index contributed by atoms with van der Waals surface area (Å²) in [6.07, 6.45) is 1.43. The first-order valence-corrected chi connectivity index (χ1v) is 8.70. The maximum atomic E-state index is 12.4. The second kappa shape index (κ2) is 7.71. The van der Waals surface area contributed by atoms with E-state index in [1.165, 1.54) is 6.26 Å². The molecule has 0 saturated carbocycles. The highest BCUT2D eigenvalue weighted by atomic mass is 127. The molecule has 126 valence electrons. The van der Waals surface area contributed by atoms with Crippen LogP contribution in [0.5, 0.6) is 0 Å². The number of carbonyl (C=O) groups is 2. The second-order valence-electron chi connectivity index (χ2n) is 5.09. The number of anilines is 2. The molecule has 0 unspecified atom stereocenters. The summed E-state index contributed by atoms with van der Waals surface area (Å²) in [4.78, 5) is 24.4. The molecule has 2 N–H and O–H groups in total. The third kappa shape index (κ3) is 4.40. The Labute approximate surface area is 162 Å². The molecule has 3 rings (SSSR count). The molecule has 0 saturated heterocycles. The van der Waals surface area contributed by atoms with Crippen molar-refractivity contribution in [3.63, 3.8) is 0 Å². The van der Waals surface area contributed by atoms with Crippen molar-refractivity contribution in [3.8, 4) is 0 Å². The van der Waals surface area contributed by atoms with Gasteiger partial charge in [0.25, 0.3) is 11.8 Å². The van der Waals surface area contributed by atoms with Gasteiger partial charge >= 0.3 is 0 Å². The van der Waals surface area contributed by atoms with Crippen LogP contribution in [0.4, 0.5) is 11.4 Å². The molecule has 0 aliphatic rings. The molecule has 1 heterocycles. The average Bonchev–Trinajstić information content (AvgIpc) is 3.12. The van der Waals surface area contributed by atoms with Gasteiger partial charge in [0.2, 0.25) is 0 Å². The zero-order chi connectivity index (χ0) is 17.8. The van der Waals surface area contributed by atoms with Gasteiger partial charge < -0.3 is 15.1 Å². The molecule has 5 nitrogen and oxygen atoms in total. The van der Waals surface area contributed by atoms with Gasteiger partial charge in [-0.3, -0.25) is 9.59 Å². The van der Waals surface area contributed by atoms with Crippen molar-refractivity contribution < 1.29 is 14.0 Å². The number of hydrogen-bond acceptors (Lipinski definition) is 3. The first-order chi connectivity index (χ1) is 12.0. The van der Waals surface area contributed by atoms with Crippen LogP contribution in [0.2, 0.25) is 5.02 Å². The Kier molecular flexibility index (Phi) is 5.40. The molecule has 7 heteroatoms. The highest BCUT2D eigenvalue weighted by Crippen LogP contribution is 2.22. The maximum absolute atomic E-state index is 12.4. The summed E-state index contributed by atoms with van der Waals surface area (Å²) in [6, 6.07) is 15.2. The van der Waals surface area contributed by atoms with Gasteiger partial charge in [-0.1, -0.05) is 17.7 Å². The molecule has 1 aromatic heterocycles. The highest BCUT2D eigenvalue weighted by molar-refractivity contribution is 14.1. The smallest absolute Gasteiger partial charge is 0.291 e. The lowest BCUT2D eigenvalue weighted by Gasteiger charge is -2.09. The van der Waals surface area contributed by atoms with Crippen LogP contribution in [0.15, 0.2) is 65.3 Å². The Morgan fingerprint density at radius 1 is 0.920 bits per heavy atom. The molecule has 2 amide bonds. The van der Waals surface area contributed by atoms with E-state index in [1.807, 2.05) is 6.07 Å². The van der Waals surface area contributed by atoms with E-state index in [9.17, 15) is 9.59 Å². The van der Waals surface area contributed by atoms with E-state index in [2.05, 4.69) is 33.2 Å². The van der Waals surface area contributed by atoms with E-state index >= 15 is 0 Å². The van der Waals surface area contributed by atoms with Gasteiger partial charge in [0, 0.05) is 14.9 Å². The number of amides is 2. The Balaban J connectivity index is 1.74. The van der Waals surface area contributed by atoms with Gasteiger partial charge in [-0.05, 0) is 71.1 Å². The fourth-order valence-electron chi connectivity index (χ4n) is 2.15. The van der Waals surface area contributed by atoms with E-state index < -0.39 is 0 Å². The largest absolute Gasteiger partial charge is 0.459 e. The predicted molar refractivity (Wildman–Crippen MR) is 105 cm³/mol. The quantitative estimate of drug-likeness (QED) is 0.529. The lowest BCUT2D eigenvalue weighted by molar-refractivity contribution is 0.0995. The summed E-state index contributed by atoms with van der Waals surface area (Å²) in [5.41, 5.74) is 1.46. The lowest BCUT2D eigenvalue weighted by Crippen LogP contribution is -2.14. The molecule has 0 aliphatic heterocycles.